The third kappa shape index (κ3) is 3.36. The molecule has 0 atom stereocenters. The first kappa shape index (κ1) is 15.2. The Bertz CT molecular complexity index is 565. The molecule has 1 aromatic rings. The molecule has 1 fully saturated rings. The van der Waals surface area contributed by atoms with Gasteiger partial charge in [0, 0.05) is 30.2 Å². The maximum absolute atomic E-state index is 9.98. The van der Waals surface area contributed by atoms with Gasteiger partial charge in [-0.2, -0.15) is 0 Å². The summed E-state index contributed by atoms with van der Waals surface area (Å²) < 4.78 is 0. The zero-order valence-corrected chi connectivity index (χ0v) is 13.3. The molecule has 0 amide bonds. The molecule has 0 saturated carbocycles. The second-order valence-electron chi connectivity index (χ2n) is 6.50. The highest BCUT2D eigenvalue weighted by Crippen LogP contribution is 2.24. The van der Waals surface area contributed by atoms with Crippen LogP contribution in [0.4, 0.5) is 0 Å². The molecule has 3 rings (SSSR count). The van der Waals surface area contributed by atoms with Crippen LogP contribution in [-0.2, 0) is 5.60 Å². The molecule has 118 valence electrons. The second kappa shape index (κ2) is 6.18. The van der Waals surface area contributed by atoms with Gasteiger partial charge in [-0.15, -0.1) is 0 Å². The molecule has 5 nitrogen and oxygen atoms in total. The van der Waals surface area contributed by atoms with Crippen LogP contribution < -0.4 is 5.32 Å². The molecule has 0 aromatic carbocycles. The van der Waals surface area contributed by atoms with Gasteiger partial charge in [0.15, 0.2) is 0 Å². The molecular formula is C17H24N4O. The van der Waals surface area contributed by atoms with Gasteiger partial charge in [0.1, 0.15) is 5.60 Å². The van der Waals surface area contributed by atoms with Crippen molar-refractivity contribution in [1.82, 2.24) is 15.2 Å². The van der Waals surface area contributed by atoms with Crippen molar-refractivity contribution in [2.75, 3.05) is 19.6 Å². The third-order valence-electron chi connectivity index (χ3n) is 4.27. The lowest BCUT2D eigenvalue weighted by Crippen LogP contribution is -2.42. The largest absolute Gasteiger partial charge is 0.384 e. The number of piperidine rings is 1. The SMILES string of the molecule is CC(C)(O)c1ccc(C2=CN(C3CCNCC3)CC=N2)cn1. The number of aliphatic imine (C=N–C) groups is 1. The van der Waals surface area contributed by atoms with Crippen molar-refractivity contribution >= 4 is 11.9 Å². The molecule has 2 N–H and O–H groups in total. The molecule has 0 bridgehead atoms. The van der Waals surface area contributed by atoms with Crippen LogP contribution in [0, 0.1) is 0 Å². The van der Waals surface area contributed by atoms with Gasteiger partial charge in [-0.3, -0.25) is 9.98 Å². The van der Waals surface area contributed by atoms with Gasteiger partial charge < -0.3 is 15.3 Å². The molecule has 5 heteroatoms. The molecule has 2 aliphatic heterocycles. The zero-order chi connectivity index (χ0) is 15.6. The van der Waals surface area contributed by atoms with E-state index in [9.17, 15) is 5.11 Å². The first-order chi connectivity index (χ1) is 10.5. The summed E-state index contributed by atoms with van der Waals surface area (Å²) in [5, 5.41) is 13.4. The van der Waals surface area contributed by atoms with Crippen molar-refractivity contribution in [3.63, 3.8) is 0 Å². The predicted molar refractivity (Wildman–Crippen MR) is 88.5 cm³/mol. The lowest BCUT2D eigenvalue weighted by Gasteiger charge is -2.34. The van der Waals surface area contributed by atoms with Crippen LogP contribution in [0.2, 0.25) is 0 Å². The zero-order valence-electron chi connectivity index (χ0n) is 13.3. The minimum Gasteiger partial charge on any atom is -0.384 e. The van der Waals surface area contributed by atoms with Crippen molar-refractivity contribution < 1.29 is 5.11 Å². The number of aromatic nitrogens is 1. The van der Waals surface area contributed by atoms with Crippen LogP contribution in [0.3, 0.4) is 0 Å². The van der Waals surface area contributed by atoms with Crippen LogP contribution in [0.25, 0.3) is 5.70 Å². The molecule has 22 heavy (non-hydrogen) atoms. The highest BCUT2D eigenvalue weighted by Gasteiger charge is 2.21. The normalized spacial score (nSPS) is 20.1. The summed E-state index contributed by atoms with van der Waals surface area (Å²) >= 11 is 0. The van der Waals surface area contributed by atoms with Crippen molar-refractivity contribution in [3.8, 4) is 0 Å². The Labute approximate surface area is 131 Å². The van der Waals surface area contributed by atoms with E-state index in [4.69, 9.17) is 0 Å². The van der Waals surface area contributed by atoms with Crippen molar-refractivity contribution in [3.05, 3.63) is 35.8 Å². The minimum absolute atomic E-state index is 0.589. The monoisotopic (exact) mass is 300 g/mol. The Balaban J connectivity index is 1.78. The quantitative estimate of drug-likeness (QED) is 0.893. The molecule has 0 spiro atoms. The van der Waals surface area contributed by atoms with Gasteiger partial charge in [-0.1, -0.05) is 0 Å². The second-order valence-corrected chi connectivity index (χ2v) is 6.50. The number of rotatable bonds is 3. The van der Waals surface area contributed by atoms with E-state index >= 15 is 0 Å². The molecule has 0 aliphatic carbocycles. The van der Waals surface area contributed by atoms with Crippen molar-refractivity contribution in [2.24, 2.45) is 4.99 Å². The van der Waals surface area contributed by atoms with E-state index in [-0.39, 0.29) is 0 Å². The van der Waals surface area contributed by atoms with Gasteiger partial charge >= 0.3 is 0 Å². The van der Waals surface area contributed by atoms with Crippen LogP contribution in [0.5, 0.6) is 0 Å². The molecule has 2 aliphatic rings. The van der Waals surface area contributed by atoms with Crippen LogP contribution in [-0.4, -0.2) is 46.9 Å². The maximum atomic E-state index is 9.98. The molecule has 0 unspecified atom stereocenters. The number of nitrogens with zero attached hydrogens (tertiary/aromatic N) is 3. The Morgan fingerprint density at radius 1 is 1.27 bits per heavy atom. The van der Waals surface area contributed by atoms with E-state index < -0.39 is 5.60 Å². The first-order valence-electron chi connectivity index (χ1n) is 7.94. The summed E-state index contributed by atoms with van der Waals surface area (Å²) in [6, 6.07) is 4.44. The summed E-state index contributed by atoms with van der Waals surface area (Å²) in [6.07, 6.45) is 8.27. The smallest absolute Gasteiger partial charge is 0.101 e. The van der Waals surface area contributed by atoms with Crippen molar-refractivity contribution in [1.29, 1.82) is 0 Å². The topological polar surface area (TPSA) is 60.8 Å². The molecule has 0 radical (unpaired) electrons. The Kier molecular flexibility index (Phi) is 4.27. The number of aliphatic hydroxyl groups is 1. The summed E-state index contributed by atoms with van der Waals surface area (Å²) in [5.74, 6) is 0. The summed E-state index contributed by atoms with van der Waals surface area (Å²) in [7, 11) is 0. The maximum Gasteiger partial charge on any atom is 0.101 e. The van der Waals surface area contributed by atoms with E-state index in [0.29, 0.717) is 11.7 Å². The van der Waals surface area contributed by atoms with Gasteiger partial charge in [0.25, 0.3) is 0 Å². The van der Waals surface area contributed by atoms with Crippen LogP contribution in [0.1, 0.15) is 37.9 Å². The average Bonchev–Trinajstić information content (AvgIpc) is 2.55. The lowest BCUT2D eigenvalue weighted by atomic mass is 10.0. The van der Waals surface area contributed by atoms with Gasteiger partial charge in [-0.05, 0) is 51.9 Å². The van der Waals surface area contributed by atoms with Gasteiger partial charge in [0.05, 0.1) is 17.9 Å². The standard InChI is InChI=1S/C17H24N4O/c1-17(2,22)16-4-3-13(11-20-16)15-12-21(10-9-19-15)14-5-7-18-8-6-14/h3-4,9,11-12,14,18,22H,5-8,10H2,1-2H3. The number of hydrogen-bond donors (Lipinski definition) is 2. The summed E-state index contributed by atoms with van der Waals surface area (Å²) in [4.78, 5) is 11.3. The highest BCUT2D eigenvalue weighted by atomic mass is 16.3. The molecule has 1 saturated heterocycles. The fraction of sp³-hybridized carbons (Fsp3) is 0.529. The summed E-state index contributed by atoms with van der Waals surface area (Å²) in [6.45, 7) is 6.54. The van der Waals surface area contributed by atoms with E-state index in [1.165, 1.54) is 12.8 Å². The van der Waals surface area contributed by atoms with E-state index in [2.05, 4.69) is 26.4 Å². The van der Waals surface area contributed by atoms with Crippen LogP contribution >= 0.6 is 0 Å². The molecule has 1 aromatic heterocycles. The third-order valence-corrected chi connectivity index (χ3v) is 4.27. The Hall–Kier alpha value is -1.72. The van der Waals surface area contributed by atoms with Gasteiger partial charge in [-0.25, -0.2) is 0 Å². The fourth-order valence-corrected chi connectivity index (χ4v) is 2.93. The van der Waals surface area contributed by atoms with E-state index in [1.54, 1.807) is 20.0 Å². The van der Waals surface area contributed by atoms with Gasteiger partial charge in [0.2, 0.25) is 0 Å². The van der Waals surface area contributed by atoms with E-state index in [1.807, 2.05) is 18.3 Å². The number of nitrogens with one attached hydrogen (secondary N) is 1. The average molecular weight is 300 g/mol. The van der Waals surface area contributed by atoms with E-state index in [0.717, 1.165) is 30.9 Å². The first-order valence-corrected chi connectivity index (χ1v) is 7.94. The highest BCUT2D eigenvalue weighted by molar-refractivity contribution is 5.76. The van der Waals surface area contributed by atoms with Crippen LogP contribution in [0.15, 0.2) is 29.5 Å². The fourth-order valence-electron chi connectivity index (χ4n) is 2.93. The Morgan fingerprint density at radius 2 is 2.05 bits per heavy atom. The lowest BCUT2D eigenvalue weighted by molar-refractivity contribution is 0.0738. The molecule has 3 heterocycles. The minimum atomic E-state index is -0.913. The number of hydrogen-bond acceptors (Lipinski definition) is 5. The predicted octanol–water partition coefficient (Wildman–Crippen LogP) is 1.75. The Morgan fingerprint density at radius 3 is 2.68 bits per heavy atom. The number of pyridine rings is 1. The molecular weight excluding hydrogens is 276 g/mol. The van der Waals surface area contributed by atoms with Crippen molar-refractivity contribution in [2.45, 2.75) is 38.3 Å². The summed E-state index contributed by atoms with van der Waals surface area (Å²) in [5.41, 5.74) is 1.69.